The quantitative estimate of drug-likeness (QED) is 0.709. The monoisotopic (exact) mass is 377 g/mol. The van der Waals surface area contributed by atoms with Gasteiger partial charge in [0.15, 0.2) is 0 Å². The topological polar surface area (TPSA) is 55.8 Å². The predicted molar refractivity (Wildman–Crippen MR) is 102 cm³/mol. The van der Waals surface area contributed by atoms with Crippen LogP contribution in [0.5, 0.6) is 0 Å². The fraction of sp³-hybridized carbons (Fsp3) is 0.524. The largest absolute Gasteiger partial charge is 0.458 e. The highest BCUT2D eigenvalue weighted by Gasteiger charge is 2.38. The van der Waals surface area contributed by atoms with Crippen molar-refractivity contribution in [3.63, 3.8) is 0 Å². The summed E-state index contributed by atoms with van der Waals surface area (Å²) in [6.07, 6.45) is 1.57. The maximum absolute atomic E-state index is 13.2. The molecule has 0 radical (unpaired) electrons. The Morgan fingerprint density at radius 2 is 1.56 bits per heavy atom. The summed E-state index contributed by atoms with van der Waals surface area (Å²) in [4.78, 5) is 26.7. The molecule has 0 saturated carbocycles. The van der Waals surface area contributed by atoms with Crippen LogP contribution in [0.4, 0.5) is 9.18 Å². The van der Waals surface area contributed by atoms with E-state index in [1.54, 1.807) is 53.7 Å². The van der Waals surface area contributed by atoms with Crippen LogP contribution in [-0.4, -0.2) is 40.8 Å². The molecule has 1 atom stereocenters. The molecule has 0 fully saturated rings. The van der Waals surface area contributed by atoms with E-state index in [0.717, 1.165) is 11.1 Å². The third kappa shape index (κ3) is 6.08. The normalized spacial score (nSPS) is 18.0. The molecule has 27 heavy (non-hydrogen) atoms. The van der Waals surface area contributed by atoms with Gasteiger partial charge in [-0.15, -0.1) is 0 Å². The van der Waals surface area contributed by atoms with Gasteiger partial charge in [0.1, 0.15) is 23.1 Å². The van der Waals surface area contributed by atoms with Crippen LogP contribution >= 0.6 is 0 Å². The summed E-state index contributed by atoms with van der Waals surface area (Å²) in [7, 11) is 0. The molecule has 1 amide bonds. The van der Waals surface area contributed by atoms with Crippen molar-refractivity contribution >= 4 is 17.6 Å². The second kappa shape index (κ2) is 7.71. The van der Waals surface area contributed by atoms with Crippen molar-refractivity contribution in [3.8, 4) is 0 Å². The van der Waals surface area contributed by atoms with Gasteiger partial charge in [-0.25, -0.2) is 14.0 Å². The number of hydrogen-bond donors (Lipinski definition) is 0. The van der Waals surface area contributed by atoms with E-state index in [2.05, 4.69) is 0 Å². The van der Waals surface area contributed by atoms with Gasteiger partial charge in [0.25, 0.3) is 0 Å². The van der Waals surface area contributed by atoms with E-state index in [4.69, 9.17) is 9.47 Å². The van der Waals surface area contributed by atoms with Gasteiger partial charge in [-0.2, -0.15) is 0 Å². The zero-order chi connectivity index (χ0) is 20.4. The summed E-state index contributed by atoms with van der Waals surface area (Å²) >= 11 is 0. The first-order chi connectivity index (χ1) is 12.4. The lowest BCUT2D eigenvalue weighted by Gasteiger charge is -2.36. The summed E-state index contributed by atoms with van der Waals surface area (Å²) < 4.78 is 24.2. The minimum Gasteiger partial charge on any atom is -0.458 e. The number of esters is 1. The lowest BCUT2D eigenvalue weighted by Crippen LogP contribution is -2.50. The van der Waals surface area contributed by atoms with Gasteiger partial charge >= 0.3 is 12.1 Å². The van der Waals surface area contributed by atoms with E-state index in [1.807, 2.05) is 6.08 Å². The molecule has 148 valence electrons. The second-order valence-electron chi connectivity index (χ2n) is 8.62. The van der Waals surface area contributed by atoms with Crippen molar-refractivity contribution in [2.24, 2.45) is 0 Å². The Labute approximate surface area is 160 Å². The fourth-order valence-corrected chi connectivity index (χ4v) is 2.74. The average molecular weight is 377 g/mol. The van der Waals surface area contributed by atoms with Crippen LogP contribution in [0.25, 0.3) is 5.57 Å². The molecule has 5 nitrogen and oxygen atoms in total. The molecule has 0 bridgehead atoms. The van der Waals surface area contributed by atoms with E-state index in [-0.39, 0.29) is 18.8 Å². The number of nitrogens with zero attached hydrogens (tertiary/aromatic N) is 1. The Hall–Kier alpha value is -2.37. The van der Waals surface area contributed by atoms with E-state index in [9.17, 15) is 14.0 Å². The van der Waals surface area contributed by atoms with Crippen LogP contribution < -0.4 is 0 Å². The first-order valence-corrected chi connectivity index (χ1v) is 9.03. The van der Waals surface area contributed by atoms with Crippen LogP contribution in [0.3, 0.4) is 0 Å². The molecule has 1 aliphatic heterocycles. The Balaban J connectivity index is 2.30. The van der Waals surface area contributed by atoms with Gasteiger partial charge < -0.3 is 9.47 Å². The van der Waals surface area contributed by atoms with Crippen molar-refractivity contribution in [2.75, 3.05) is 6.54 Å². The van der Waals surface area contributed by atoms with Crippen LogP contribution in [0, 0.1) is 5.82 Å². The van der Waals surface area contributed by atoms with Crippen molar-refractivity contribution in [2.45, 2.75) is 65.2 Å². The maximum Gasteiger partial charge on any atom is 0.411 e. The van der Waals surface area contributed by atoms with Gasteiger partial charge in [-0.05, 0) is 64.8 Å². The van der Waals surface area contributed by atoms with Crippen molar-refractivity contribution in [1.29, 1.82) is 0 Å². The van der Waals surface area contributed by atoms with E-state index >= 15 is 0 Å². The van der Waals surface area contributed by atoms with Gasteiger partial charge in [0.2, 0.25) is 0 Å². The number of ether oxygens (including phenoxy) is 2. The number of amides is 1. The smallest absolute Gasteiger partial charge is 0.411 e. The lowest BCUT2D eigenvalue weighted by molar-refractivity contribution is -0.161. The fourth-order valence-electron chi connectivity index (χ4n) is 2.74. The lowest BCUT2D eigenvalue weighted by atomic mass is 9.94. The number of rotatable bonds is 2. The van der Waals surface area contributed by atoms with Gasteiger partial charge in [-0.3, -0.25) is 4.90 Å². The molecule has 0 saturated heterocycles. The Bertz CT molecular complexity index is 726. The molecular weight excluding hydrogens is 349 g/mol. The average Bonchev–Trinajstić information content (AvgIpc) is 2.51. The highest BCUT2D eigenvalue weighted by atomic mass is 19.1. The Morgan fingerprint density at radius 3 is 2.07 bits per heavy atom. The zero-order valence-corrected chi connectivity index (χ0v) is 16.8. The highest BCUT2D eigenvalue weighted by molar-refractivity contribution is 5.86. The molecule has 1 aliphatic rings. The highest BCUT2D eigenvalue weighted by Crippen LogP contribution is 2.29. The molecule has 6 heteroatoms. The molecule has 0 N–H and O–H groups in total. The molecule has 2 rings (SSSR count). The maximum atomic E-state index is 13.2. The molecular formula is C21H28FNO4. The van der Waals surface area contributed by atoms with Crippen molar-refractivity contribution in [3.05, 3.63) is 41.7 Å². The van der Waals surface area contributed by atoms with E-state index in [1.165, 1.54) is 17.0 Å². The SMILES string of the molecule is CC(C)(C)OC(=O)[C@H]1CC(c2ccc(F)cc2)=CCN1C(=O)OC(C)(C)C. The van der Waals surface area contributed by atoms with Gasteiger partial charge in [0.05, 0.1) is 0 Å². The zero-order valence-electron chi connectivity index (χ0n) is 16.8. The Morgan fingerprint density at radius 1 is 1.00 bits per heavy atom. The van der Waals surface area contributed by atoms with Crippen LogP contribution in [0.2, 0.25) is 0 Å². The van der Waals surface area contributed by atoms with Crippen LogP contribution in [-0.2, 0) is 14.3 Å². The number of carbonyl (C=O) groups is 2. The van der Waals surface area contributed by atoms with Gasteiger partial charge in [-0.1, -0.05) is 18.2 Å². The van der Waals surface area contributed by atoms with Gasteiger partial charge in [0, 0.05) is 13.0 Å². The minimum absolute atomic E-state index is 0.214. The molecule has 1 aromatic carbocycles. The summed E-state index contributed by atoms with van der Waals surface area (Å²) in [5.74, 6) is -0.810. The third-order valence-electron chi connectivity index (χ3n) is 3.85. The first-order valence-electron chi connectivity index (χ1n) is 9.03. The molecule has 1 heterocycles. The molecule has 0 aliphatic carbocycles. The minimum atomic E-state index is -0.802. The summed E-state index contributed by atoms with van der Waals surface area (Å²) in [6, 6.07) is 5.27. The van der Waals surface area contributed by atoms with E-state index < -0.39 is 29.3 Å². The van der Waals surface area contributed by atoms with Crippen LogP contribution in [0.15, 0.2) is 30.3 Å². The standard InChI is InChI=1S/C21H28FNO4/c1-20(2,3)26-18(24)17-13-15(14-7-9-16(22)10-8-14)11-12-23(17)19(25)27-21(4,5)6/h7-11,17H,12-13H2,1-6H3/t17-/m1/s1. The summed E-state index contributed by atoms with van der Waals surface area (Å²) in [6.45, 7) is 10.9. The number of benzene rings is 1. The number of hydrogen-bond acceptors (Lipinski definition) is 4. The second-order valence-corrected chi connectivity index (χ2v) is 8.62. The number of carbonyl (C=O) groups excluding carboxylic acids is 2. The number of halogens is 1. The third-order valence-corrected chi connectivity index (χ3v) is 3.85. The molecule has 1 aromatic rings. The van der Waals surface area contributed by atoms with Crippen molar-refractivity contribution in [1.82, 2.24) is 4.90 Å². The summed E-state index contributed by atoms with van der Waals surface area (Å²) in [5, 5.41) is 0. The first kappa shape index (κ1) is 20.9. The van der Waals surface area contributed by atoms with Crippen LogP contribution in [0.1, 0.15) is 53.5 Å². The summed E-state index contributed by atoms with van der Waals surface area (Å²) in [5.41, 5.74) is 0.337. The molecule has 0 spiro atoms. The molecule has 0 aromatic heterocycles. The molecule has 0 unspecified atom stereocenters. The van der Waals surface area contributed by atoms with Crippen molar-refractivity contribution < 1.29 is 23.5 Å². The predicted octanol–water partition coefficient (Wildman–Crippen LogP) is 4.56. The van der Waals surface area contributed by atoms with E-state index in [0.29, 0.717) is 0 Å². The Kier molecular flexibility index (Phi) is 5.97.